The summed E-state index contributed by atoms with van der Waals surface area (Å²) in [7, 11) is 0. The third kappa shape index (κ3) is 5.00. The maximum Gasteiger partial charge on any atom is 0.387 e. The van der Waals surface area contributed by atoms with Crippen LogP contribution in [-0.4, -0.2) is 23.3 Å². The Morgan fingerprint density at radius 3 is 2.62 bits per heavy atom. The number of carbonyl (C=O) groups is 1. The average molecular weight is 381 g/mol. The summed E-state index contributed by atoms with van der Waals surface area (Å²) >= 11 is 5.92. The van der Waals surface area contributed by atoms with Crippen LogP contribution in [0, 0.1) is 0 Å². The number of anilines is 1. The van der Waals surface area contributed by atoms with E-state index in [-0.39, 0.29) is 38.8 Å². The number of nitrogens with one attached hydrogen (secondary N) is 1. The molecule has 1 amide bonds. The predicted octanol–water partition coefficient (Wildman–Crippen LogP) is 4.90. The van der Waals surface area contributed by atoms with Gasteiger partial charge < -0.3 is 10.1 Å². The number of hydrogen-bond acceptors (Lipinski definition) is 4. The summed E-state index contributed by atoms with van der Waals surface area (Å²) in [5.41, 5.74) is 0.135. The summed E-state index contributed by atoms with van der Waals surface area (Å²) in [5, 5.41) is 2.16. The van der Waals surface area contributed by atoms with E-state index < -0.39 is 18.3 Å². The Kier molecular flexibility index (Phi) is 6.27. The number of halogens is 5. The van der Waals surface area contributed by atoms with Gasteiger partial charge in [0.1, 0.15) is 10.8 Å². The molecule has 4 nitrogen and oxygen atoms in total. The number of nitrogens with zero attached hydrogens (tertiary/aromatic N) is 1. The van der Waals surface area contributed by atoms with Crippen molar-refractivity contribution in [3.05, 3.63) is 47.1 Å². The van der Waals surface area contributed by atoms with Crippen LogP contribution in [0.15, 0.2) is 41.6 Å². The fourth-order valence-electron chi connectivity index (χ4n) is 1.71. The number of ether oxygens (including phenoxy) is 1. The third-order valence-corrected chi connectivity index (χ3v) is 3.64. The van der Waals surface area contributed by atoms with Crippen LogP contribution in [-0.2, 0) is 0 Å². The summed E-state index contributed by atoms with van der Waals surface area (Å²) in [6.07, 6.45) is 1.29. The van der Waals surface area contributed by atoms with Crippen LogP contribution in [0.1, 0.15) is 10.4 Å². The lowest BCUT2D eigenvalue weighted by Crippen LogP contribution is -2.14. The van der Waals surface area contributed by atoms with Gasteiger partial charge in [0, 0.05) is 11.9 Å². The van der Waals surface area contributed by atoms with Crippen molar-refractivity contribution in [2.75, 3.05) is 5.32 Å². The van der Waals surface area contributed by atoms with Crippen LogP contribution < -0.4 is 10.1 Å². The molecule has 0 unspecified atom stereocenters. The number of rotatable bonds is 6. The Morgan fingerprint density at radius 2 is 2.00 bits per heavy atom. The summed E-state index contributed by atoms with van der Waals surface area (Å²) in [6, 6.07) is 6.41. The van der Waals surface area contributed by atoms with E-state index in [1.807, 2.05) is 0 Å². The molecular formula is C14H9ClF4N2O2S. The van der Waals surface area contributed by atoms with E-state index >= 15 is 0 Å². The maximum atomic E-state index is 12.5. The van der Waals surface area contributed by atoms with Crippen LogP contribution in [0.4, 0.5) is 23.2 Å². The van der Waals surface area contributed by atoms with Crippen LogP contribution in [0.2, 0.25) is 5.02 Å². The molecule has 128 valence electrons. The molecule has 1 N–H and O–H groups in total. The quantitative estimate of drug-likeness (QED) is 0.572. The number of benzene rings is 1. The second-order valence-electron chi connectivity index (χ2n) is 4.21. The molecule has 1 heterocycles. The minimum absolute atomic E-state index is 0.0492. The van der Waals surface area contributed by atoms with E-state index in [0.29, 0.717) is 0 Å². The molecule has 1 aromatic carbocycles. The van der Waals surface area contributed by atoms with Crippen LogP contribution in [0.3, 0.4) is 0 Å². The van der Waals surface area contributed by atoms with Crippen molar-refractivity contribution in [2.24, 2.45) is 0 Å². The zero-order valence-electron chi connectivity index (χ0n) is 11.7. The summed E-state index contributed by atoms with van der Waals surface area (Å²) in [5.74, 6) is -3.67. The molecular weight excluding hydrogens is 372 g/mol. The van der Waals surface area contributed by atoms with Gasteiger partial charge in [0.25, 0.3) is 11.7 Å². The SMILES string of the molecule is O=C(Nc1ccc(OC(F)F)c(Cl)c1)c1cccnc1SC(F)F. The number of amides is 1. The summed E-state index contributed by atoms with van der Waals surface area (Å²) in [6.45, 7) is -3.03. The average Bonchev–Trinajstić information content (AvgIpc) is 2.49. The van der Waals surface area contributed by atoms with Gasteiger partial charge in [-0.3, -0.25) is 4.79 Å². The van der Waals surface area contributed by atoms with Crippen LogP contribution in [0.5, 0.6) is 5.75 Å². The first-order valence-electron chi connectivity index (χ1n) is 6.32. The molecule has 10 heteroatoms. The largest absolute Gasteiger partial charge is 0.433 e. The van der Waals surface area contributed by atoms with Crippen molar-refractivity contribution >= 4 is 35.0 Å². The molecule has 1 aromatic heterocycles. The molecule has 0 aliphatic heterocycles. The number of carbonyl (C=O) groups excluding carboxylic acids is 1. The van der Waals surface area contributed by atoms with Gasteiger partial charge in [0.2, 0.25) is 0 Å². The van der Waals surface area contributed by atoms with Gasteiger partial charge in [0.05, 0.1) is 10.6 Å². The van der Waals surface area contributed by atoms with Gasteiger partial charge in [0.15, 0.2) is 0 Å². The van der Waals surface area contributed by atoms with Gasteiger partial charge in [-0.25, -0.2) is 4.98 Å². The monoisotopic (exact) mass is 380 g/mol. The first kappa shape index (κ1) is 18.3. The Labute approximate surface area is 143 Å². The van der Waals surface area contributed by atoms with Gasteiger partial charge in [-0.2, -0.15) is 17.6 Å². The molecule has 24 heavy (non-hydrogen) atoms. The van der Waals surface area contributed by atoms with Gasteiger partial charge in [-0.15, -0.1) is 0 Å². The molecule has 2 rings (SSSR count). The van der Waals surface area contributed by atoms with Gasteiger partial charge in [-0.05, 0) is 42.1 Å². The van der Waals surface area contributed by atoms with Gasteiger partial charge in [-0.1, -0.05) is 11.6 Å². The second kappa shape index (κ2) is 8.20. The molecule has 0 aliphatic rings. The molecule has 0 fully saturated rings. The zero-order chi connectivity index (χ0) is 17.7. The van der Waals surface area contributed by atoms with E-state index in [4.69, 9.17) is 11.6 Å². The Balaban J connectivity index is 2.17. The number of thioether (sulfide) groups is 1. The lowest BCUT2D eigenvalue weighted by molar-refractivity contribution is -0.0497. The Bertz CT molecular complexity index is 734. The minimum Gasteiger partial charge on any atom is -0.433 e. The van der Waals surface area contributed by atoms with Crippen molar-refractivity contribution < 1.29 is 27.1 Å². The fourth-order valence-corrected chi connectivity index (χ4v) is 2.51. The van der Waals surface area contributed by atoms with Gasteiger partial charge >= 0.3 is 6.61 Å². The van der Waals surface area contributed by atoms with E-state index in [1.165, 1.54) is 30.5 Å². The topological polar surface area (TPSA) is 51.2 Å². The highest BCUT2D eigenvalue weighted by atomic mass is 35.5. The third-order valence-electron chi connectivity index (χ3n) is 2.62. The highest BCUT2D eigenvalue weighted by molar-refractivity contribution is 7.99. The molecule has 0 spiro atoms. The smallest absolute Gasteiger partial charge is 0.387 e. The van der Waals surface area contributed by atoms with E-state index in [1.54, 1.807) is 0 Å². The number of alkyl halides is 4. The molecule has 0 bridgehead atoms. The van der Waals surface area contributed by atoms with Crippen molar-refractivity contribution in [1.82, 2.24) is 4.98 Å². The van der Waals surface area contributed by atoms with Crippen LogP contribution in [0.25, 0.3) is 0 Å². The lowest BCUT2D eigenvalue weighted by atomic mass is 10.2. The molecule has 0 aliphatic carbocycles. The zero-order valence-corrected chi connectivity index (χ0v) is 13.3. The maximum absolute atomic E-state index is 12.5. The van der Waals surface area contributed by atoms with E-state index in [2.05, 4.69) is 15.0 Å². The Hall–Kier alpha value is -2.00. The van der Waals surface area contributed by atoms with E-state index in [9.17, 15) is 22.4 Å². The molecule has 0 saturated heterocycles. The normalized spacial score (nSPS) is 11.0. The lowest BCUT2D eigenvalue weighted by Gasteiger charge is -2.11. The molecule has 2 aromatic rings. The first-order valence-corrected chi connectivity index (χ1v) is 7.58. The fraction of sp³-hybridized carbons (Fsp3) is 0.143. The molecule has 0 radical (unpaired) electrons. The summed E-state index contributed by atoms with van der Waals surface area (Å²) < 4.78 is 53.5. The predicted molar refractivity (Wildman–Crippen MR) is 82.1 cm³/mol. The first-order chi connectivity index (χ1) is 11.4. The second-order valence-corrected chi connectivity index (χ2v) is 5.60. The minimum atomic E-state index is -3.03. The number of hydrogen-bond donors (Lipinski definition) is 1. The molecule has 0 saturated carbocycles. The van der Waals surface area contributed by atoms with Crippen molar-refractivity contribution in [3.63, 3.8) is 0 Å². The van der Waals surface area contributed by atoms with Crippen LogP contribution >= 0.6 is 23.4 Å². The Morgan fingerprint density at radius 1 is 1.25 bits per heavy atom. The number of pyridine rings is 1. The highest BCUT2D eigenvalue weighted by Gasteiger charge is 2.17. The highest BCUT2D eigenvalue weighted by Crippen LogP contribution is 2.30. The number of aromatic nitrogens is 1. The van der Waals surface area contributed by atoms with Crippen molar-refractivity contribution in [1.29, 1.82) is 0 Å². The van der Waals surface area contributed by atoms with E-state index in [0.717, 1.165) is 6.07 Å². The molecule has 0 atom stereocenters. The standard InChI is InChI=1S/C14H9ClF4N2O2S/c15-9-6-7(3-4-10(9)23-13(16)17)21-11(22)8-2-1-5-20-12(8)24-14(18)19/h1-6,13-14H,(H,21,22). The summed E-state index contributed by atoms with van der Waals surface area (Å²) in [4.78, 5) is 15.9. The van der Waals surface area contributed by atoms with Crippen molar-refractivity contribution in [3.8, 4) is 5.75 Å². The van der Waals surface area contributed by atoms with Crippen molar-refractivity contribution in [2.45, 2.75) is 17.4 Å².